The molecule has 0 amide bonds. The summed E-state index contributed by atoms with van der Waals surface area (Å²) in [6.45, 7) is 9.23. The standard InChI is InChI=1S/C14H23N3/c1-14(2,3)17-8-6-11(7-9-17)12-4-5-13(15)16-10-12/h4-5,10-11H,6-9H2,1-3H3,(H2,15,16). The quantitative estimate of drug-likeness (QED) is 0.811. The van der Waals surface area contributed by atoms with Crippen molar-refractivity contribution in [3.8, 4) is 0 Å². The van der Waals surface area contributed by atoms with Crippen molar-refractivity contribution in [2.45, 2.75) is 45.1 Å². The Balaban J connectivity index is 1.97. The van der Waals surface area contributed by atoms with Gasteiger partial charge in [-0.05, 0) is 64.3 Å². The van der Waals surface area contributed by atoms with Gasteiger partial charge < -0.3 is 5.73 Å². The number of hydrogen-bond acceptors (Lipinski definition) is 3. The summed E-state index contributed by atoms with van der Waals surface area (Å²) in [7, 11) is 0. The Morgan fingerprint density at radius 2 is 1.88 bits per heavy atom. The van der Waals surface area contributed by atoms with Crippen LogP contribution in [0, 0.1) is 0 Å². The van der Waals surface area contributed by atoms with E-state index in [2.05, 4.69) is 36.7 Å². The summed E-state index contributed by atoms with van der Waals surface area (Å²) in [6.07, 6.45) is 4.39. The molecule has 0 atom stereocenters. The first-order valence-electron chi connectivity index (χ1n) is 6.43. The van der Waals surface area contributed by atoms with Gasteiger partial charge in [-0.1, -0.05) is 6.07 Å². The molecule has 0 bridgehead atoms. The maximum Gasteiger partial charge on any atom is 0.123 e. The average Bonchev–Trinajstić information content (AvgIpc) is 2.29. The van der Waals surface area contributed by atoms with Gasteiger partial charge >= 0.3 is 0 Å². The highest BCUT2D eigenvalue weighted by molar-refractivity contribution is 5.30. The van der Waals surface area contributed by atoms with E-state index >= 15 is 0 Å². The number of nitrogen functional groups attached to an aromatic ring is 1. The topological polar surface area (TPSA) is 42.1 Å². The third kappa shape index (κ3) is 2.97. The van der Waals surface area contributed by atoms with E-state index in [1.54, 1.807) is 0 Å². The predicted molar refractivity (Wildman–Crippen MR) is 72.0 cm³/mol. The fourth-order valence-corrected chi connectivity index (χ4v) is 2.54. The first-order chi connectivity index (χ1) is 7.97. The zero-order valence-electron chi connectivity index (χ0n) is 11.1. The Bertz CT molecular complexity index is 356. The summed E-state index contributed by atoms with van der Waals surface area (Å²) in [6, 6.07) is 4.03. The second-order valence-corrected chi connectivity index (χ2v) is 5.95. The summed E-state index contributed by atoms with van der Waals surface area (Å²) >= 11 is 0. The van der Waals surface area contributed by atoms with Crippen molar-refractivity contribution < 1.29 is 0 Å². The third-order valence-electron chi connectivity index (χ3n) is 3.72. The van der Waals surface area contributed by atoms with Crippen molar-refractivity contribution in [2.75, 3.05) is 18.8 Å². The molecule has 2 rings (SSSR count). The molecule has 1 fully saturated rings. The largest absolute Gasteiger partial charge is 0.384 e. The lowest BCUT2D eigenvalue weighted by Crippen LogP contribution is -2.45. The number of rotatable bonds is 1. The van der Waals surface area contributed by atoms with Crippen LogP contribution in [0.15, 0.2) is 18.3 Å². The third-order valence-corrected chi connectivity index (χ3v) is 3.72. The highest BCUT2D eigenvalue weighted by atomic mass is 15.2. The minimum atomic E-state index is 0.296. The molecule has 3 nitrogen and oxygen atoms in total. The fourth-order valence-electron chi connectivity index (χ4n) is 2.54. The molecule has 0 spiro atoms. The van der Waals surface area contributed by atoms with Crippen LogP contribution in [0.2, 0.25) is 0 Å². The van der Waals surface area contributed by atoms with Gasteiger partial charge in [0.2, 0.25) is 0 Å². The highest BCUT2D eigenvalue weighted by Crippen LogP contribution is 2.30. The van der Waals surface area contributed by atoms with E-state index in [-0.39, 0.29) is 0 Å². The Kier molecular flexibility index (Phi) is 3.38. The number of anilines is 1. The molecule has 1 aliphatic rings. The van der Waals surface area contributed by atoms with Gasteiger partial charge in [-0.25, -0.2) is 4.98 Å². The number of nitrogens with two attached hydrogens (primary N) is 1. The SMILES string of the molecule is CC(C)(C)N1CCC(c2ccc(N)nc2)CC1. The van der Waals surface area contributed by atoms with Crippen LogP contribution in [0.25, 0.3) is 0 Å². The Hall–Kier alpha value is -1.09. The van der Waals surface area contributed by atoms with Crippen LogP contribution in [0.3, 0.4) is 0 Å². The lowest BCUT2D eigenvalue weighted by Gasteiger charge is -2.41. The van der Waals surface area contributed by atoms with E-state index in [0.717, 1.165) is 0 Å². The number of aromatic nitrogens is 1. The molecule has 1 aliphatic heterocycles. The number of nitrogens with zero attached hydrogens (tertiary/aromatic N) is 2. The fraction of sp³-hybridized carbons (Fsp3) is 0.643. The van der Waals surface area contributed by atoms with Crippen molar-refractivity contribution in [3.05, 3.63) is 23.9 Å². The van der Waals surface area contributed by atoms with Crippen LogP contribution in [0.1, 0.15) is 45.1 Å². The molecule has 2 heterocycles. The minimum Gasteiger partial charge on any atom is -0.384 e. The molecule has 0 unspecified atom stereocenters. The van der Waals surface area contributed by atoms with Crippen molar-refractivity contribution in [1.82, 2.24) is 9.88 Å². The highest BCUT2D eigenvalue weighted by Gasteiger charge is 2.27. The van der Waals surface area contributed by atoms with E-state index in [0.29, 0.717) is 17.3 Å². The van der Waals surface area contributed by atoms with Gasteiger partial charge in [0.25, 0.3) is 0 Å². The Labute approximate surface area is 104 Å². The maximum absolute atomic E-state index is 5.62. The van der Waals surface area contributed by atoms with Crippen molar-refractivity contribution in [3.63, 3.8) is 0 Å². The van der Waals surface area contributed by atoms with E-state index in [4.69, 9.17) is 5.73 Å². The van der Waals surface area contributed by atoms with Gasteiger partial charge in [-0.2, -0.15) is 0 Å². The number of hydrogen-bond donors (Lipinski definition) is 1. The first-order valence-corrected chi connectivity index (χ1v) is 6.43. The van der Waals surface area contributed by atoms with Crippen molar-refractivity contribution in [1.29, 1.82) is 0 Å². The smallest absolute Gasteiger partial charge is 0.123 e. The molecule has 3 heteroatoms. The molecule has 1 aromatic heterocycles. The Morgan fingerprint density at radius 3 is 2.35 bits per heavy atom. The zero-order valence-corrected chi connectivity index (χ0v) is 11.1. The summed E-state index contributed by atoms with van der Waals surface area (Å²) < 4.78 is 0. The zero-order chi connectivity index (χ0) is 12.5. The molecule has 94 valence electrons. The van der Waals surface area contributed by atoms with Gasteiger partial charge in [0.1, 0.15) is 5.82 Å². The molecular formula is C14H23N3. The van der Waals surface area contributed by atoms with Gasteiger partial charge in [-0.3, -0.25) is 4.90 Å². The van der Waals surface area contributed by atoms with Crippen LogP contribution in [-0.4, -0.2) is 28.5 Å². The lowest BCUT2D eigenvalue weighted by atomic mass is 9.88. The summed E-state index contributed by atoms with van der Waals surface area (Å²) in [5, 5.41) is 0. The minimum absolute atomic E-state index is 0.296. The van der Waals surface area contributed by atoms with Gasteiger partial charge in [0, 0.05) is 11.7 Å². The maximum atomic E-state index is 5.62. The monoisotopic (exact) mass is 233 g/mol. The van der Waals surface area contributed by atoms with Crippen LogP contribution in [-0.2, 0) is 0 Å². The first kappa shape index (κ1) is 12.4. The lowest BCUT2D eigenvalue weighted by molar-refractivity contribution is 0.102. The van der Waals surface area contributed by atoms with Crippen LogP contribution < -0.4 is 5.73 Å². The number of likely N-dealkylation sites (tertiary alicyclic amines) is 1. The summed E-state index contributed by atoms with van der Waals surface area (Å²) in [5.74, 6) is 1.27. The molecule has 1 saturated heterocycles. The number of piperidine rings is 1. The molecular weight excluding hydrogens is 210 g/mol. The predicted octanol–water partition coefficient (Wildman–Crippen LogP) is 2.64. The normalized spacial score (nSPS) is 19.5. The van der Waals surface area contributed by atoms with Gasteiger partial charge in [0.05, 0.1) is 0 Å². The molecule has 0 saturated carbocycles. The van der Waals surface area contributed by atoms with E-state index in [1.165, 1.54) is 31.5 Å². The van der Waals surface area contributed by atoms with Crippen molar-refractivity contribution >= 4 is 5.82 Å². The van der Waals surface area contributed by atoms with Crippen LogP contribution >= 0.6 is 0 Å². The summed E-state index contributed by atoms with van der Waals surface area (Å²) in [4.78, 5) is 6.75. The van der Waals surface area contributed by atoms with Crippen molar-refractivity contribution in [2.24, 2.45) is 0 Å². The second-order valence-electron chi connectivity index (χ2n) is 5.95. The van der Waals surface area contributed by atoms with E-state index in [1.807, 2.05) is 12.3 Å². The van der Waals surface area contributed by atoms with Gasteiger partial charge in [0.15, 0.2) is 0 Å². The average molecular weight is 233 g/mol. The molecule has 0 aromatic carbocycles. The molecule has 0 aliphatic carbocycles. The molecule has 2 N–H and O–H groups in total. The number of pyridine rings is 1. The van der Waals surface area contributed by atoms with Crippen LogP contribution in [0.5, 0.6) is 0 Å². The molecule has 17 heavy (non-hydrogen) atoms. The van der Waals surface area contributed by atoms with E-state index < -0.39 is 0 Å². The van der Waals surface area contributed by atoms with Crippen LogP contribution in [0.4, 0.5) is 5.82 Å². The Morgan fingerprint density at radius 1 is 1.24 bits per heavy atom. The second kappa shape index (κ2) is 4.65. The summed E-state index contributed by atoms with van der Waals surface area (Å²) in [5.41, 5.74) is 7.25. The van der Waals surface area contributed by atoms with E-state index in [9.17, 15) is 0 Å². The van der Waals surface area contributed by atoms with Gasteiger partial charge in [-0.15, -0.1) is 0 Å². The molecule has 1 aromatic rings. The molecule has 0 radical (unpaired) electrons.